The van der Waals surface area contributed by atoms with Crippen LogP contribution in [0.5, 0.6) is 17.4 Å². The van der Waals surface area contributed by atoms with Gasteiger partial charge in [0, 0.05) is 18.3 Å². The summed E-state index contributed by atoms with van der Waals surface area (Å²) >= 11 is 0. The Bertz CT molecular complexity index is 1460. The number of hydrogen-bond donors (Lipinski definition) is 5. The van der Waals surface area contributed by atoms with E-state index in [4.69, 9.17) is 15.2 Å². The number of nitrogens with zero attached hydrogens (tertiary/aromatic N) is 1. The lowest BCUT2D eigenvalue weighted by Gasteiger charge is -2.42. The molecule has 2 unspecified atom stereocenters. The summed E-state index contributed by atoms with van der Waals surface area (Å²) in [5, 5.41) is 13.9. The molecule has 10 nitrogen and oxygen atoms in total. The fourth-order valence-corrected chi connectivity index (χ4v) is 4.32. The Balaban J connectivity index is 1.22. The highest BCUT2D eigenvalue weighted by Crippen LogP contribution is 2.41. The highest BCUT2D eigenvalue weighted by atomic mass is 16.5. The molecule has 4 aromatic rings. The van der Waals surface area contributed by atoms with E-state index in [0.29, 0.717) is 29.1 Å². The summed E-state index contributed by atoms with van der Waals surface area (Å²) in [6, 6.07) is 14.2. The van der Waals surface area contributed by atoms with Crippen molar-refractivity contribution in [2.75, 3.05) is 13.2 Å². The third kappa shape index (κ3) is 4.48. The highest BCUT2D eigenvalue weighted by Gasteiger charge is 2.38. The van der Waals surface area contributed by atoms with Crippen LogP contribution in [0.15, 0.2) is 59.5 Å². The molecule has 2 heterocycles. The highest BCUT2D eigenvalue weighted by molar-refractivity contribution is 5.95. The zero-order chi connectivity index (χ0) is 24.6. The van der Waals surface area contributed by atoms with Crippen LogP contribution in [0, 0.1) is 0 Å². The van der Waals surface area contributed by atoms with Gasteiger partial charge in [-0.05, 0) is 60.9 Å². The minimum atomic E-state index is -0.775. The molecule has 1 amide bonds. The normalized spacial score (nSPS) is 17.4. The van der Waals surface area contributed by atoms with Gasteiger partial charge in [-0.25, -0.2) is 9.78 Å². The van der Waals surface area contributed by atoms with E-state index in [2.05, 4.69) is 20.3 Å². The lowest BCUT2D eigenvalue weighted by atomic mass is 9.71. The van der Waals surface area contributed by atoms with Crippen molar-refractivity contribution in [2.45, 2.75) is 25.0 Å². The molecule has 0 radical (unpaired) electrons. The first-order valence-corrected chi connectivity index (χ1v) is 11.2. The topological polar surface area (TPSA) is 155 Å². The number of benzene rings is 2. The summed E-state index contributed by atoms with van der Waals surface area (Å²) in [6.45, 7) is 2.40. The van der Waals surface area contributed by atoms with Crippen molar-refractivity contribution in [3.63, 3.8) is 0 Å². The van der Waals surface area contributed by atoms with Crippen LogP contribution in [0.4, 0.5) is 0 Å². The summed E-state index contributed by atoms with van der Waals surface area (Å²) in [6.07, 6.45) is 1.55. The number of amides is 1. The number of carbonyl (C=O) groups excluding carboxylic acids is 1. The van der Waals surface area contributed by atoms with Crippen molar-refractivity contribution in [2.24, 2.45) is 5.73 Å². The lowest BCUT2D eigenvalue weighted by Crippen LogP contribution is -2.51. The van der Waals surface area contributed by atoms with Crippen LogP contribution in [0.25, 0.3) is 11.0 Å². The molecule has 0 aliphatic heterocycles. The Morgan fingerprint density at radius 2 is 2.11 bits per heavy atom. The van der Waals surface area contributed by atoms with E-state index in [1.54, 1.807) is 30.3 Å². The number of hydrogen-bond acceptors (Lipinski definition) is 7. The predicted octanol–water partition coefficient (Wildman–Crippen LogP) is 1.94. The lowest BCUT2D eigenvalue weighted by molar-refractivity contribution is 0.0956. The number of pyridine rings is 1. The van der Waals surface area contributed by atoms with Gasteiger partial charge in [0.1, 0.15) is 35.3 Å². The summed E-state index contributed by atoms with van der Waals surface area (Å²) in [5.41, 5.74) is 8.36. The second-order valence-corrected chi connectivity index (χ2v) is 8.75. The van der Waals surface area contributed by atoms with Crippen molar-refractivity contribution in [3.05, 3.63) is 81.9 Å². The molecule has 0 saturated heterocycles. The second-order valence-electron chi connectivity index (χ2n) is 8.75. The van der Waals surface area contributed by atoms with Gasteiger partial charge in [-0.2, -0.15) is 0 Å². The van der Waals surface area contributed by atoms with Gasteiger partial charge in [0.25, 0.3) is 5.91 Å². The number of rotatable bonds is 9. The van der Waals surface area contributed by atoms with Crippen LogP contribution in [0.3, 0.4) is 0 Å². The molecule has 2 atom stereocenters. The molecule has 0 bridgehead atoms. The first kappa shape index (κ1) is 22.6. The standard InChI is InChI=1S/C25H25N5O5/c1-25(28-12-15(31)13-34-20-6-2-5-19-21(20)30-24(33)29-19)11-14-7-8-16(10-18(14)25)35-23-17(22(26)32)4-3-9-27-23/h2-10,15,28,31H,11-13H2,1H3,(H2,26,32)(H2,29,30,33). The first-order chi connectivity index (χ1) is 16.8. The Kier molecular flexibility index (Phi) is 5.75. The number of H-pyrrole nitrogens is 2. The molecular weight excluding hydrogens is 450 g/mol. The fraction of sp³-hybridized carbons (Fsp3) is 0.240. The number of imidazole rings is 1. The monoisotopic (exact) mass is 475 g/mol. The smallest absolute Gasteiger partial charge is 0.323 e. The number of primary amides is 1. The summed E-state index contributed by atoms with van der Waals surface area (Å²) in [7, 11) is 0. The molecule has 180 valence electrons. The predicted molar refractivity (Wildman–Crippen MR) is 129 cm³/mol. The van der Waals surface area contributed by atoms with E-state index in [0.717, 1.165) is 17.5 Å². The second kappa shape index (κ2) is 8.90. The molecule has 10 heteroatoms. The van der Waals surface area contributed by atoms with Gasteiger partial charge >= 0.3 is 5.69 Å². The fourth-order valence-electron chi connectivity index (χ4n) is 4.32. The average molecular weight is 476 g/mol. The first-order valence-electron chi connectivity index (χ1n) is 11.2. The minimum absolute atomic E-state index is 0.0565. The van der Waals surface area contributed by atoms with Gasteiger partial charge in [0.05, 0.1) is 5.52 Å². The van der Waals surface area contributed by atoms with E-state index in [-0.39, 0.29) is 29.3 Å². The zero-order valence-corrected chi connectivity index (χ0v) is 19.0. The molecule has 35 heavy (non-hydrogen) atoms. The molecule has 6 N–H and O–H groups in total. The number of ether oxygens (including phenoxy) is 2. The van der Waals surface area contributed by atoms with Crippen LogP contribution in [0.1, 0.15) is 28.4 Å². The molecule has 0 saturated carbocycles. The quantitative estimate of drug-likeness (QED) is 0.248. The molecule has 2 aromatic heterocycles. The molecule has 1 aliphatic rings. The molecule has 0 fully saturated rings. The van der Waals surface area contributed by atoms with Gasteiger partial charge in [0.15, 0.2) is 0 Å². The van der Waals surface area contributed by atoms with Gasteiger partial charge in [-0.1, -0.05) is 12.1 Å². The molecule has 0 spiro atoms. The van der Waals surface area contributed by atoms with Crippen LogP contribution >= 0.6 is 0 Å². The number of carbonyl (C=O) groups is 1. The van der Waals surface area contributed by atoms with Crippen molar-refractivity contribution >= 4 is 16.9 Å². The van der Waals surface area contributed by atoms with E-state index in [1.165, 1.54) is 6.20 Å². The van der Waals surface area contributed by atoms with Crippen molar-refractivity contribution < 1.29 is 19.4 Å². The Labute approximate surface area is 200 Å². The number of aliphatic hydroxyl groups is 1. The summed E-state index contributed by atoms with van der Waals surface area (Å²) in [4.78, 5) is 32.7. The Morgan fingerprint density at radius 3 is 2.94 bits per heavy atom. The Morgan fingerprint density at radius 1 is 1.26 bits per heavy atom. The number of aromatic amines is 2. The third-order valence-electron chi connectivity index (χ3n) is 6.14. The molecule has 5 rings (SSSR count). The third-order valence-corrected chi connectivity index (χ3v) is 6.14. The van der Waals surface area contributed by atoms with E-state index < -0.39 is 12.0 Å². The molecule has 1 aliphatic carbocycles. The number of aliphatic hydroxyl groups excluding tert-OH is 1. The number of fused-ring (bicyclic) bond motifs is 2. The number of nitrogens with one attached hydrogen (secondary N) is 3. The largest absolute Gasteiger partial charge is 0.489 e. The summed E-state index contributed by atoms with van der Waals surface area (Å²) < 4.78 is 11.6. The number of para-hydroxylation sites is 1. The van der Waals surface area contributed by atoms with E-state index >= 15 is 0 Å². The number of aromatic nitrogens is 3. The zero-order valence-electron chi connectivity index (χ0n) is 19.0. The summed E-state index contributed by atoms with van der Waals surface area (Å²) in [5.74, 6) is 0.570. The van der Waals surface area contributed by atoms with Crippen molar-refractivity contribution in [1.82, 2.24) is 20.3 Å². The van der Waals surface area contributed by atoms with Crippen LogP contribution in [-0.4, -0.2) is 45.2 Å². The van der Waals surface area contributed by atoms with Gasteiger partial charge in [0.2, 0.25) is 5.88 Å². The maximum absolute atomic E-state index is 11.6. The van der Waals surface area contributed by atoms with Crippen molar-refractivity contribution in [1.29, 1.82) is 0 Å². The maximum atomic E-state index is 11.6. The van der Waals surface area contributed by atoms with Gasteiger partial charge in [-0.3, -0.25) is 4.79 Å². The maximum Gasteiger partial charge on any atom is 0.323 e. The van der Waals surface area contributed by atoms with Gasteiger partial charge < -0.3 is 35.6 Å². The van der Waals surface area contributed by atoms with E-state index in [9.17, 15) is 14.7 Å². The average Bonchev–Trinajstić information content (AvgIpc) is 3.22. The van der Waals surface area contributed by atoms with Crippen molar-refractivity contribution in [3.8, 4) is 17.4 Å². The van der Waals surface area contributed by atoms with Crippen LogP contribution in [0.2, 0.25) is 0 Å². The number of nitrogens with two attached hydrogens (primary N) is 1. The Hall–Kier alpha value is -4.15. The van der Waals surface area contributed by atoms with Gasteiger partial charge in [-0.15, -0.1) is 0 Å². The van der Waals surface area contributed by atoms with Crippen LogP contribution in [-0.2, 0) is 12.0 Å². The molecule has 2 aromatic carbocycles. The minimum Gasteiger partial charge on any atom is -0.489 e. The van der Waals surface area contributed by atoms with E-state index in [1.807, 2.05) is 25.1 Å². The molecular formula is C25H25N5O5. The SMILES string of the molecule is CC1(NCC(O)COc2cccc3[nH]c(=O)[nH]c23)Cc2ccc(Oc3ncccc3C(N)=O)cc21. The van der Waals surface area contributed by atoms with Crippen LogP contribution < -0.4 is 26.2 Å².